The van der Waals surface area contributed by atoms with Crippen LogP contribution in [0, 0.1) is 35.5 Å². The molecule has 0 aliphatic heterocycles. The van der Waals surface area contributed by atoms with Gasteiger partial charge >= 0.3 is 155 Å². The molecule has 8 bridgehead atoms. The van der Waals surface area contributed by atoms with E-state index in [1.54, 1.807) is 0 Å². The first-order chi connectivity index (χ1) is 12.0. The molecule has 0 heterocycles. The van der Waals surface area contributed by atoms with Crippen LogP contribution >= 0.6 is 7.49 Å². The average molecular weight is 363 g/mol. The van der Waals surface area contributed by atoms with Crippen molar-refractivity contribution in [3.8, 4) is 0 Å². The van der Waals surface area contributed by atoms with Gasteiger partial charge in [-0.1, -0.05) is 0 Å². The third-order valence-corrected chi connectivity index (χ3v) is 16.4. The molecule has 0 spiro atoms. The van der Waals surface area contributed by atoms with Crippen molar-refractivity contribution in [3.63, 3.8) is 0 Å². The molecule has 0 atom stereocenters. The van der Waals surface area contributed by atoms with Gasteiger partial charge in [0.15, 0.2) is 0 Å². The van der Waals surface area contributed by atoms with Crippen molar-refractivity contribution in [2.75, 3.05) is 6.16 Å². The number of hydrogen-bond donors (Lipinski definition) is 1. The van der Waals surface area contributed by atoms with Gasteiger partial charge < -0.3 is 0 Å². The molecule has 8 aliphatic rings. The fourth-order valence-electron chi connectivity index (χ4n) is 10.7. The Morgan fingerprint density at radius 1 is 0.640 bits per heavy atom. The monoisotopic (exact) mass is 362 g/mol. The Morgan fingerprint density at radius 2 is 0.920 bits per heavy atom. The van der Waals surface area contributed by atoms with Crippen LogP contribution in [0.5, 0.6) is 0 Å². The summed E-state index contributed by atoms with van der Waals surface area (Å²) >= 11 is 0. The average Bonchev–Trinajstić information content (AvgIpc) is 2.52. The van der Waals surface area contributed by atoms with Gasteiger partial charge in [0.05, 0.1) is 0 Å². The molecular weight excluding hydrogens is 323 g/mol. The molecule has 142 valence electrons. The first-order valence-electron chi connectivity index (χ1n) is 11.8. The minimum atomic E-state index is -2.25. The van der Waals surface area contributed by atoms with Crippen molar-refractivity contribution in [1.29, 1.82) is 0 Å². The van der Waals surface area contributed by atoms with Crippen LogP contribution in [0.1, 0.15) is 90.4 Å². The van der Waals surface area contributed by atoms with E-state index < -0.39 is 7.49 Å². The Hall–Kier alpha value is 0.390. The Bertz CT molecular complexity index is 452. The van der Waals surface area contributed by atoms with Crippen molar-refractivity contribution < 1.29 is 4.89 Å². The molecule has 25 heavy (non-hydrogen) atoms. The zero-order chi connectivity index (χ0) is 16.9. The predicted molar refractivity (Wildman–Crippen MR) is 107 cm³/mol. The van der Waals surface area contributed by atoms with Crippen molar-refractivity contribution >= 4 is 7.49 Å². The van der Waals surface area contributed by atoms with Gasteiger partial charge in [0.2, 0.25) is 0 Å². The van der Waals surface area contributed by atoms with Crippen LogP contribution < -0.4 is 0 Å². The molecule has 8 fully saturated rings. The van der Waals surface area contributed by atoms with Crippen LogP contribution in [0.2, 0.25) is 0 Å². The van der Waals surface area contributed by atoms with E-state index in [-0.39, 0.29) is 0 Å². The second-order valence-electron chi connectivity index (χ2n) is 12.0. The third kappa shape index (κ3) is 2.10. The van der Waals surface area contributed by atoms with E-state index in [9.17, 15) is 4.89 Å². The third-order valence-electron chi connectivity index (χ3n) is 10.4. The summed E-state index contributed by atoms with van der Waals surface area (Å²) in [6.45, 7) is 2.37. The summed E-state index contributed by atoms with van der Waals surface area (Å²) in [6.07, 6.45) is 20.3. The van der Waals surface area contributed by atoms with Gasteiger partial charge in [-0.3, -0.25) is 0 Å². The van der Waals surface area contributed by atoms with Gasteiger partial charge in [-0.25, -0.2) is 0 Å². The molecule has 8 rings (SSSR count). The molecule has 0 radical (unpaired) electrons. The zero-order valence-corrected chi connectivity index (χ0v) is 17.3. The van der Waals surface area contributed by atoms with E-state index in [1.165, 1.54) is 89.6 Å². The van der Waals surface area contributed by atoms with Crippen LogP contribution in [0.3, 0.4) is 0 Å². The maximum absolute atomic E-state index is 12.9. The second-order valence-corrected chi connectivity index (χ2v) is 16.3. The van der Waals surface area contributed by atoms with Crippen LogP contribution in [-0.4, -0.2) is 21.4 Å². The van der Waals surface area contributed by atoms with E-state index in [2.05, 4.69) is 6.92 Å². The molecule has 8 aliphatic carbocycles. The van der Waals surface area contributed by atoms with E-state index in [0.29, 0.717) is 10.3 Å². The van der Waals surface area contributed by atoms with Crippen molar-refractivity contribution in [2.24, 2.45) is 35.5 Å². The molecule has 0 aromatic heterocycles. The summed E-state index contributed by atoms with van der Waals surface area (Å²) in [7, 11) is -2.25. The van der Waals surface area contributed by atoms with E-state index in [1.807, 2.05) is 0 Å². The first kappa shape index (κ1) is 16.4. The van der Waals surface area contributed by atoms with Gasteiger partial charge in [-0.2, -0.15) is 0 Å². The van der Waals surface area contributed by atoms with Crippen molar-refractivity contribution in [3.05, 3.63) is 0 Å². The van der Waals surface area contributed by atoms with Crippen LogP contribution in [0.4, 0.5) is 0 Å². The van der Waals surface area contributed by atoms with E-state index >= 15 is 0 Å². The van der Waals surface area contributed by atoms with Gasteiger partial charge in [0.25, 0.3) is 0 Å². The fourth-order valence-corrected chi connectivity index (χ4v) is 17.4. The number of rotatable bonds is 4. The van der Waals surface area contributed by atoms with Gasteiger partial charge in [0.1, 0.15) is 0 Å². The molecule has 0 amide bonds. The molecule has 1 N–H and O–H groups in total. The summed E-state index contributed by atoms with van der Waals surface area (Å²) in [4.78, 5) is 12.9. The maximum atomic E-state index is 12.9. The summed E-state index contributed by atoms with van der Waals surface area (Å²) in [5, 5.41) is 0.896. The van der Waals surface area contributed by atoms with Crippen LogP contribution in [0.25, 0.3) is 0 Å². The second kappa shape index (κ2) is 5.26. The molecule has 0 aromatic carbocycles. The zero-order valence-electron chi connectivity index (χ0n) is 16.3. The Kier molecular flexibility index (Phi) is 3.44. The molecule has 0 unspecified atom stereocenters. The standard InChI is InChI=1S/C23H39OP/c1-2-3-25(24,22-10-16-4-17(11-22)6-18(5-16)12-22)23-13-19-7-20(14-23)9-21(8-19)15-23/h16-21,24-25H,2-15H2,1H3. The predicted octanol–water partition coefficient (Wildman–Crippen LogP) is 5.99. The Morgan fingerprint density at radius 3 is 1.16 bits per heavy atom. The van der Waals surface area contributed by atoms with Crippen molar-refractivity contribution in [1.82, 2.24) is 0 Å². The topological polar surface area (TPSA) is 20.2 Å². The first-order valence-corrected chi connectivity index (χ1v) is 13.9. The summed E-state index contributed by atoms with van der Waals surface area (Å²) in [5.74, 6) is 5.98. The normalized spacial score (nSPS) is 56.6. The Balaban J connectivity index is 1.44. The van der Waals surface area contributed by atoms with Gasteiger partial charge in [0, 0.05) is 0 Å². The molecule has 8 saturated carbocycles. The van der Waals surface area contributed by atoms with Gasteiger partial charge in [-0.15, -0.1) is 0 Å². The van der Waals surface area contributed by atoms with Crippen LogP contribution in [-0.2, 0) is 0 Å². The molecule has 0 aromatic rings. The minimum absolute atomic E-state index is 0.448. The quantitative estimate of drug-likeness (QED) is 0.609. The van der Waals surface area contributed by atoms with Crippen LogP contribution in [0.15, 0.2) is 0 Å². The molecule has 1 nitrogen and oxygen atoms in total. The SMILES string of the molecule is CCC[PH](O)(C12CC3CC(CC(C3)C1)C2)C12CC3CC(CC(C3)C1)C2. The number of hydrogen-bond acceptors (Lipinski definition) is 1. The van der Waals surface area contributed by atoms with E-state index in [4.69, 9.17) is 0 Å². The van der Waals surface area contributed by atoms with Crippen molar-refractivity contribution in [2.45, 2.75) is 101 Å². The summed E-state index contributed by atoms with van der Waals surface area (Å²) < 4.78 is 0. The fraction of sp³-hybridized carbons (Fsp3) is 1.00. The summed E-state index contributed by atoms with van der Waals surface area (Å²) in [6, 6.07) is 0. The molecular formula is C23H39OP. The summed E-state index contributed by atoms with van der Waals surface area (Å²) in [5.41, 5.74) is 0. The Labute approximate surface area is 155 Å². The molecule has 2 heteroatoms. The van der Waals surface area contributed by atoms with E-state index in [0.717, 1.165) is 35.5 Å². The van der Waals surface area contributed by atoms with Gasteiger partial charge in [-0.05, 0) is 0 Å². The molecule has 0 saturated heterocycles.